The van der Waals surface area contributed by atoms with Gasteiger partial charge in [0.05, 0.1) is 29.9 Å². The van der Waals surface area contributed by atoms with Crippen molar-refractivity contribution in [2.75, 3.05) is 23.3 Å². The molecule has 3 rings (SSSR count). The van der Waals surface area contributed by atoms with Crippen molar-refractivity contribution < 1.29 is 17.9 Å². The van der Waals surface area contributed by atoms with Gasteiger partial charge in [0.2, 0.25) is 5.91 Å². The van der Waals surface area contributed by atoms with Crippen molar-refractivity contribution in [3.8, 4) is 5.75 Å². The Morgan fingerprint density at radius 1 is 1.06 bits per heavy atom. The molecule has 2 N–H and O–H groups in total. The fraction of sp³-hybridized carbons (Fsp3) is 0.273. The number of nitrogens with one attached hydrogen (secondary N) is 2. The van der Waals surface area contributed by atoms with Gasteiger partial charge in [0, 0.05) is 0 Å². The Kier molecular flexibility index (Phi) is 6.35. The van der Waals surface area contributed by atoms with Crippen molar-refractivity contribution in [1.29, 1.82) is 0 Å². The number of aromatic amines is 1. The molecule has 3 aromatic rings. The van der Waals surface area contributed by atoms with Gasteiger partial charge in [-0.05, 0) is 57.5 Å². The first-order chi connectivity index (χ1) is 14.6. The Balaban J connectivity index is 1.99. The molecular formula is C22H26N4O4S. The fourth-order valence-electron chi connectivity index (χ4n) is 3.30. The molecule has 0 aliphatic rings. The van der Waals surface area contributed by atoms with E-state index in [2.05, 4.69) is 15.5 Å². The third-order valence-corrected chi connectivity index (χ3v) is 6.88. The summed E-state index contributed by atoms with van der Waals surface area (Å²) in [7, 11) is -2.54. The minimum Gasteiger partial charge on any atom is -0.495 e. The van der Waals surface area contributed by atoms with Crippen LogP contribution in [0.25, 0.3) is 0 Å². The van der Waals surface area contributed by atoms with Crippen LogP contribution in [0.15, 0.2) is 47.4 Å². The van der Waals surface area contributed by atoms with E-state index in [1.54, 1.807) is 50.2 Å². The number of benzene rings is 2. The zero-order chi connectivity index (χ0) is 22.8. The predicted octanol–water partition coefficient (Wildman–Crippen LogP) is 3.49. The first-order valence-corrected chi connectivity index (χ1v) is 11.1. The molecule has 0 fully saturated rings. The Morgan fingerprint density at radius 2 is 1.71 bits per heavy atom. The average molecular weight is 443 g/mol. The highest BCUT2D eigenvalue weighted by Crippen LogP contribution is 2.28. The molecule has 8 nitrogen and oxygen atoms in total. The molecule has 0 saturated carbocycles. The number of carbonyl (C=O) groups excluding carboxylic acids is 1. The lowest BCUT2D eigenvalue weighted by molar-refractivity contribution is -0.114. The summed E-state index contributed by atoms with van der Waals surface area (Å²) in [6, 6.07) is 12.3. The van der Waals surface area contributed by atoms with Crippen LogP contribution in [-0.4, -0.2) is 38.2 Å². The number of methoxy groups -OCH3 is 1. The van der Waals surface area contributed by atoms with Crippen molar-refractivity contribution >= 4 is 27.3 Å². The van der Waals surface area contributed by atoms with Gasteiger partial charge in [-0.15, -0.1) is 0 Å². The third kappa shape index (κ3) is 4.72. The Morgan fingerprint density at radius 3 is 2.29 bits per heavy atom. The summed E-state index contributed by atoms with van der Waals surface area (Å²) < 4.78 is 33.5. The topological polar surface area (TPSA) is 104 Å². The summed E-state index contributed by atoms with van der Waals surface area (Å²) in [5, 5.41) is 9.47. The number of ether oxygens (including phenoxy) is 1. The summed E-state index contributed by atoms with van der Waals surface area (Å²) in [4.78, 5) is 13.0. The highest BCUT2D eigenvalue weighted by Gasteiger charge is 2.31. The van der Waals surface area contributed by atoms with Crippen LogP contribution in [0, 0.1) is 27.7 Å². The van der Waals surface area contributed by atoms with E-state index < -0.39 is 22.5 Å². The highest BCUT2D eigenvalue weighted by molar-refractivity contribution is 7.93. The van der Waals surface area contributed by atoms with Crippen molar-refractivity contribution in [3.63, 3.8) is 0 Å². The monoisotopic (exact) mass is 442 g/mol. The molecule has 0 atom stereocenters. The smallest absolute Gasteiger partial charge is 0.268 e. The van der Waals surface area contributed by atoms with E-state index >= 15 is 0 Å². The lowest BCUT2D eigenvalue weighted by atomic mass is 10.2. The number of rotatable bonds is 7. The number of H-pyrrole nitrogens is 1. The molecule has 164 valence electrons. The number of carbonyl (C=O) groups is 1. The van der Waals surface area contributed by atoms with Crippen LogP contribution in [0.3, 0.4) is 0 Å². The minimum atomic E-state index is -4.05. The highest BCUT2D eigenvalue weighted by atomic mass is 32.2. The minimum absolute atomic E-state index is 0.0639. The second kappa shape index (κ2) is 8.81. The maximum atomic E-state index is 13.5. The molecule has 0 saturated heterocycles. The third-order valence-electron chi connectivity index (χ3n) is 4.85. The Hall–Kier alpha value is -3.33. The van der Waals surface area contributed by atoms with Gasteiger partial charge in [0.25, 0.3) is 10.0 Å². The lowest BCUT2D eigenvalue weighted by Gasteiger charge is -2.24. The van der Waals surface area contributed by atoms with E-state index in [9.17, 15) is 13.2 Å². The van der Waals surface area contributed by atoms with Gasteiger partial charge >= 0.3 is 0 Å². The molecule has 0 aliphatic carbocycles. The summed E-state index contributed by atoms with van der Waals surface area (Å²) >= 11 is 0. The van der Waals surface area contributed by atoms with Crippen LogP contribution in [0.1, 0.15) is 22.5 Å². The van der Waals surface area contributed by atoms with Gasteiger partial charge in [-0.3, -0.25) is 14.2 Å². The van der Waals surface area contributed by atoms with E-state index in [1.807, 2.05) is 19.9 Å². The van der Waals surface area contributed by atoms with Crippen molar-refractivity contribution in [1.82, 2.24) is 10.2 Å². The maximum Gasteiger partial charge on any atom is 0.268 e. The number of hydrogen-bond donors (Lipinski definition) is 2. The number of amides is 1. The largest absolute Gasteiger partial charge is 0.495 e. The number of anilines is 2. The molecule has 31 heavy (non-hydrogen) atoms. The molecule has 9 heteroatoms. The molecule has 0 spiro atoms. The standard InChI is InChI=1S/C22H26N4O4S/c1-14-6-9-18(10-7-14)26(31(28,29)22-16(3)24-25-17(22)4)13-21(27)23-19-12-15(2)8-11-20(19)30-5/h6-12H,13H2,1-5H3,(H,23,27)(H,24,25). The molecule has 0 bridgehead atoms. The first kappa shape index (κ1) is 22.4. The molecular weight excluding hydrogens is 416 g/mol. The predicted molar refractivity (Wildman–Crippen MR) is 120 cm³/mol. The molecule has 2 aromatic carbocycles. The zero-order valence-electron chi connectivity index (χ0n) is 18.2. The Bertz CT molecular complexity index is 1180. The molecule has 0 radical (unpaired) electrons. The fourth-order valence-corrected chi connectivity index (χ4v) is 5.06. The summed E-state index contributed by atoms with van der Waals surface area (Å²) in [5.74, 6) is -0.00272. The average Bonchev–Trinajstić information content (AvgIpc) is 3.06. The first-order valence-electron chi connectivity index (χ1n) is 9.69. The van der Waals surface area contributed by atoms with Crippen molar-refractivity contribution in [2.45, 2.75) is 32.6 Å². The summed E-state index contributed by atoms with van der Waals surface area (Å²) in [6.07, 6.45) is 0. The molecule has 1 heterocycles. The van der Waals surface area contributed by atoms with Crippen LogP contribution >= 0.6 is 0 Å². The summed E-state index contributed by atoms with van der Waals surface area (Å²) in [6.45, 7) is 6.64. The number of aryl methyl sites for hydroxylation is 4. The van der Waals surface area contributed by atoms with Gasteiger partial charge < -0.3 is 10.1 Å². The van der Waals surface area contributed by atoms with Gasteiger partial charge in [-0.2, -0.15) is 5.10 Å². The zero-order valence-corrected chi connectivity index (χ0v) is 19.0. The molecule has 1 amide bonds. The van der Waals surface area contributed by atoms with Gasteiger partial charge in [-0.1, -0.05) is 23.8 Å². The Labute approximate surface area is 182 Å². The number of aromatic nitrogens is 2. The number of hydrogen-bond acceptors (Lipinski definition) is 5. The number of sulfonamides is 1. The van der Waals surface area contributed by atoms with Gasteiger partial charge in [0.1, 0.15) is 17.2 Å². The lowest BCUT2D eigenvalue weighted by Crippen LogP contribution is -2.38. The van der Waals surface area contributed by atoms with Crippen LogP contribution in [-0.2, 0) is 14.8 Å². The normalized spacial score (nSPS) is 11.3. The van der Waals surface area contributed by atoms with E-state index in [0.29, 0.717) is 28.5 Å². The number of nitrogens with zero attached hydrogens (tertiary/aromatic N) is 2. The second-order valence-corrected chi connectivity index (χ2v) is 9.16. The van der Waals surface area contributed by atoms with Crippen molar-refractivity contribution in [2.24, 2.45) is 0 Å². The summed E-state index contributed by atoms with van der Waals surface area (Å²) in [5.41, 5.74) is 3.53. The van der Waals surface area contributed by atoms with Crippen molar-refractivity contribution in [3.05, 3.63) is 65.0 Å². The van der Waals surface area contributed by atoms with Crippen LogP contribution < -0.4 is 14.4 Å². The van der Waals surface area contributed by atoms with Crippen LogP contribution in [0.4, 0.5) is 11.4 Å². The van der Waals surface area contributed by atoms with E-state index in [4.69, 9.17) is 4.74 Å². The molecule has 0 aliphatic heterocycles. The molecule has 0 unspecified atom stereocenters. The van der Waals surface area contributed by atoms with Crippen LogP contribution in [0.2, 0.25) is 0 Å². The van der Waals surface area contributed by atoms with Crippen LogP contribution in [0.5, 0.6) is 5.75 Å². The van der Waals surface area contributed by atoms with E-state index in [1.165, 1.54) is 7.11 Å². The van der Waals surface area contributed by atoms with E-state index in [-0.39, 0.29) is 4.90 Å². The van der Waals surface area contributed by atoms with Gasteiger partial charge in [-0.25, -0.2) is 8.42 Å². The maximum absolute atomic E-state index is 13.5. The van der Waals surface area contributed by atoms with E-state index in [0.717, 1.165) is 15.4 Å². The quantitative estimate of drug-likeness (QED) is 0.583. The molecule has 1 aromatic heterocycles. The second-order valence-electron chi connectivity index (χ2n) is 7.36. The SMILES string of the molecule is COc1ccc(C)cc1NC(=O)CN(c1ccc(C)cc1)S(=O)(=O)c1c(C)n[nH]c1C. The van der Waals surface area contributed by atoms with Gasteiger partial charge in [0.15, 0.2) is 0 Å².